The lowest BCUT2D eigenvalue weighted by Crippen LogP contribution is -2.60. The predicted molar refractivity (Wildman–Crippen MR) is 192 cm³/mol. The van der Waals surface area contributed by atoms with Crippen LogP contribution in [0.25, 0.3) is 0 Å². The van der Waals surface area contributed by atoms with Crippen molar-refractivity contribution in [2.45, 2.75) is 49.6 Å². The van der Waals surface area contributed by atoms with E-state index >= 15 is 4.79 Å². The Balaban J connectivity index is 1.55. The molecular weight excluding hydrogens is 685 g/mol. The number of piperazine rings is 1. The average molecular weight is 729 g/mol. The van der Waals surface area contributed by atoms with Crippen molar-refractivity contribution >= 4 is 45.1 Å². The monoisotopic (exact) mass is 727 g/mol. The van der Waals surface area contributed by atoms with Gasteiger partial charge >= 0.3 is 6.03 Å². The summed E-state index contributed by atoms with van der Waals surface area (Å²) in [4.78, 5) is 26.3. The number of carbonyl (C=O) groups is 1. The highest BCUT2D eigenvalue weighted by Gasteiger charge is 2.60. The number of aliphatic imine (C=N–C) groups is 1. The largest absolute Gasteiger partial charge is 0.493 e. The fourth-order valence-corrected chi connectivity index (χ4v) is 9.00. The third kappa shape index (κ3) is 6.45. The van der Waals surface area contributed by atoms with Gasteiger partial charge in [0.05, 0.1) is 23.7 Å². The molecule has 0 unspecified atom stereocenters. The van der Waals surface area contributed by atoms with E-state index in [2.05, 4.69) is 4.90 Å². The number of sulfonamides is 1. The first-order valence-corrected chi connectivity index (χ1v) is 19.0. The van der Waals surface area contributed by atoms with Crippen molar-refractivity contribution in [3.63, 3.8) is 0 Å². The Bertz CT molecular complexity index is 1810. The fraction of sp³-hybridized carbons (Fsp3) is 0.444. The summed E-state index contributed by atoms with van der Waals surface area (Å²) in [5.41, 5.74) is 0.0167. The number of urea groups is 1. The Morgan fingerprint density at radius 2 is 1.47 bits per heavy atom. The lowest BCUT2D eigenvalue weighted by atomic mass is 9.71. The summed E-state index contributed by atoms with van der Waals surface area (Å²) >= 11 is 12.7. The Morgan fingerprint density at radius 1 is 0.878 bits per heavy atom. The first-order valence-electron chi connectivity index (χ1n) is 16.8. The first-order chi connectivity index (χ1) is 23.4. The number of amides is 2. The number of aliphatic hydroxyl groups is 1. The second kappa shape index (κ2) is 14.2. The Hall–Kier alpha value is -3.19. The number of carbonyl (C=O) groups excluding carboxylic acids is 1. The number of benzene rings is 3. The van der Waals surface area contributed by atoms with Gasteiger partial charge in [-0.1, -0.05) is 47.5 Å². The minimum absolute atomic E-state index is 0.0502. The summed E-state index contributed by atoms with van der Waals surface area (Å²) in [7, 11) is -3.74. The van der Waals surface area contributed by atoms with E-state index in [0.717, 1.165) is 24.0 Å². The van der Waals surface area contributed by atoms with Crippen LogP contribution in [0.2, 0.25) is 10.0 Å². The lowest BCUT2D eigenvalue weighted by molar-refractivity contribution is 0.0819. The highest BCUT2D eigenvalue weighted by Crippen LogP contribution is 2.54. The minimum atomic E-state index is -3.74. The summed E-state index contributed by atoms with van der Waals surface area (Å²) < 4.78 is 34.9. The zero-order valence-corrected chi connectivity index (χ0v) is 30.4. The smallest absolute Gasteiger partial charge is 0.326 e. The van der Waals surface area contributed by atoms with Gasteiger partial charge in [-0.25, -0.2) is 13.2 Å². The third-order valence-electron chi connectivity index (χ3n) is 10.2. The summed E-state index contributed by atoms with van der Waals surface area (Å²) in [6.45, 7) is 9.83. The van der Waals surface area contributed by atoms with Crippen molar-refractivity contribution in [3.05, 3.63) is 93.5 Å². The summed E-state index contributed by atoms with van der Waals surface area (Å²) in [5, 5.41) is 10.6. The molecule has 0 aliphatic carbocycles. The molecule has 0 saturated carbocycles. The standard InChI is InChI=1S/C36H43Cl2N5O5S/c1-4-48-32-25-30(49(46,47)42-17-5-6-18-42)15-16-31(32)33-39-35(2,26-7-11-28(37)12-8-26)36(3,27-9-13-29(38)14-10-27)43(33)34(45)41-21-19-40(20-22-41)23-24-44/h7-16,25,44H,4-6,17-24H2,1-3H3/t35-,36+/m0/s1. The lowest BCUT2D eigenvalue weighted by Gasteiger charge is -2.47. The highest BCUT2D eigenvalue weighted by atomic mass is 35.5. The zero-order valence-electron chi connectivity index (χ0n) is 28.1. The number of amidine groups is 1. The molecular formula is C36H43Cl2N5O5S. The molecule has 0 spiro atoms. The molecule has 262 valence electrons. The highest BCUT2D eigenvalue weighted by molar-refractivity contribution is 7.89. The Kier molecular flexibility index (Phi) is 10.3. The molecule has 49 heavy (non-hydrogen) atoms. The molecule has 2 fully saturated rings. The van der Waals surface area contributed by atoms with Gasteiger partial charge in [-0.15, -0.1) is 0 Å². The van der Waals surface area contributed by atoms with Crippen LogP contribution in [0.3, 0.4) is 0 Å². The zero-order chi connectivity index (χ0) is 35.0. The first kappa shape index (κ1) is 35.6. The van der Waals surface area contributed by atoms with Crippen LogP contribution < -0.4 is 4.74 Å². The number of aliphatic hydroxyl groups excluding tert-OH is 1. The van der Waals surface area contributed by atoms with Crippen molar-refractivity contribution in [1.82, 2.24) is 19.0 Å². The van der Waals surface area contributed by atoms with Gasteiger partial charge in [-0.2, -0.15) is 4.31 Å². The number of hydrogen-bond acceptors (Lipinski definition) is 7. The van der Waals surface area contributed by atoms with Crippen LogP contribution in [0.15, 0.2) is 76.6 Å². The molecule has 2 amide bonds. The maximum absolute atomic E-state index is 15.1. The van der Waals surface area contributed by atoms with Crippen LogP contribution in [0.4, 0.5) is 4.79 Å². The van der Waals surface area contributed by atoms with E-state index in [1.54, 1.807) is 23.1 Å². The number of hydrogen-bond donors (Lipinski definition) is 1. The van der Waals surface area contributed by atoms with E-state index in [1.165, 1.54) is 4.31 Å². The molecule has 13 heteroatoms. The Labute approximate surface area is 298 Å². The van der Waals surface area contributed by atoms with Gasteiger partial charge in [0, 0.05) is 61.9 Å². The molecule has 0 radical (unpaired) electrons. The van der Waals surface area contributed by atoms with E-state index in [4.69, 9.17) is 32.9 Å². The van der Waals surface area contributed by atoms with Crippen LogP contribution in [0, 0.1) is 0 Å². The molecule has 3 heterocycles. The molecule has 10 nitrogen and oxygen atoms in total. The molecule has 2 atom stereocenters. The van der Waals surface area contributed by atoms with Crippen LogP contribution >= 0.6 is 23.2 Å². The van der Waals surface area contributed by atoms with E-state index in [0.29, 0.717) is 73.0 Å². The summed E-state index contributed by atoms with van der Waals surface area (Å²) in [5.74, 6) is 0.692. The van der Waals surface area contributed by atoms with Gasteiger partial charge < -0.3 is 14.7 Å². The molecule has 3 aromatic carbocycles. The van der Waals surface area contributed by atoms with Crippen LogP contribution in [-0.2, 0) is 21.1 Å². The fourth-order valence-electron chi connectivity index (χ4n) is 7.21. The van der Waals surface area contributed by atoms with Crippen molar-refractivity contribution in [1.29, 1.82) is 0 Å². The number of nitrogens with zero attached hydrogens (tertiary/aromatic N) is 5. The Morgan fingerprint density at radius 3 is 2.04 bits per heavy atom. The summed E-state index contributed by atoms with van der Waals surface area (Å²) in [6, 6.07) is 19.5. The van der Waals surface area contributed by atoms with Crippen LogP contribution in [0.5, 0.6) is 5.75 Å². The maximum Gasteiger partial charge on any atom is 0.326 e. The number of halogens is 2. The molecule has 2 saturated heterocycles. The van der Waals surface area contributed by atoms with Crippen molar-refractivity contribution in [2.75, 3.05) is 59.0 Å². The van der Waals surface area contributed by atoms with Crippen molar-refractivity contribution < 1.29 is 23.1 Å². The van der Waals surface area contributed by atoms with Crippen molar-refractivity contribution in [3.8, 4) is 5.75 Å². The number of rotatable bonds is 9. The number of ether oxygens (including phenoxy) is 1. The van der Waals surface area contributed by atoms with E-state index < -0.39 is 21.1 Å². The van der Waals surface area contributed by atoms with E-state index in [-0.39, 0.29) is 24.1 Å². The molecule has 6 rings (SSSR count). The molecule has 0 bridgehead atoms. The second-order valence-corrected chi connectivity index (χ2v) is 15.8. The van der Waals surface area contributed by atoms with Crippen molar-refractivity contribution in [2.24, 2.45) is 4.99 Å². The molecule has 3 aliphatic rings. The quantitative estimate of drug-likeness (QED) is 0.299. The number of β-amino-alcohol motifs (C(OH)–C–C–N with tert-alkyl or cyclic N) is 1. The van der Waals surface area contributed by atoms with Crippen LogP contribution in [-0.4, -0.2) is 103 Å². The van der Waals surface area contributed by atoms with Gasteiger partial charge in [0.15, 0.2) is 0 Å². The normalized spacial score (nSPS) is 23.6. The minimum Gasteiger partial charge on any atom is -0.493 e. The average Bonchev–Trinajstić information content (AvgIpc) is 3.73. The van der Waals surface area contributed by atoms with Crippen LogP contribution in [0.1, 0.15) is 50.3 Å². The van der Waals surface area contributed by atoms with E-state index in [1.807, 2.05) is 74.2 Å². The third-order valence-corrected chi connectivity index (χ3v) is 12.6. The van der Waals surface area contributed by atoms with E-state index in [9.17, 15) is 13.5 Å². The topological polar surface area (TPSA) is 106 Å². The second-order valence-electron chi connectivity index (χ2n) is 13.0. The predicted octanol–water partition coefficient (Wildman–Crippen LogP) is 5.80. The molecule has 3 aliphatic heterocycles. The molecule has 3 aromatic rings. The maximum atomic E-state index is 15.1. The van der Waals surface area contributed by atoms with Gasteiger partial charge in [-0.3, -0.25) is 14.8 Å². The summed E-state index contributed by atoms with van der Waals surface area (Å²) in [6.07, 6.45) is 1.65. The molecule has 0 aromatic heterocycles. The van der Waals surface area contributed by atoms with Gasteiger partial charge in [0.1, 0.15) is 22.7 Å². The van der Waals surface area contributed by atoms with Gasteiger partial charge in [0.2, 0.25) is 10.0 Å². The van der Waals surface area contributed by atoms with Gasteiger partial charge in [-0.05, 0) is 81.1 Å². The van der Waals surface area contributed by atoms with Gasteiger partial charge in [0.25, 0.3) is 0 Å². The SMILES string of the molecule is CCOc1cc(S(=O)(=O)N2CCCC2)ccc1C1=N[C@@](C)(c2ccc(Cl)cc2)[C@@](C)(c2ccc(Cl)cc2)N1C(=O)N1CCN(CCO)CC1. The molecule has 1 N–H and O–H groups in total.